The first-order valence-corrected chi connectivity index (χ1v) is 7.61. The van der Waals surface area contributed by atoms with Crippen LogP contribution >= 0.6 is 15.9 Å². The van der Waals surface area contributed by atoms with Crippen molar-refractivity contribution in [3.05, 3.63) is 23.8 Å². The van der Waals surface area contributed by atoms with Gasteiger partial charge in [0.25, 0.3) is 0 Å². The molecule has 3 rings (SSSR count). The number of aliphatic hydroxyl groups excluding tert-OH is 1. The number of nitrogens with one attached hydrogen (secondary N) is 1. The van der Waals surface area contributed by atoms with E-state index >= 15 is 0 Å². The number of fused-ring (bicyclic) bond motifs is 1. The number of hydrogen-bond donors (Lipinski definition) is 3. The zero-order valence-electron chi connectivity index (χ0n) is 11.3. The highest BCUT2D eigenvalue weighted by Crippen LogP contribution is 2.36. The van der Waals surface area contributed by atoms with Crippen molar-refractivity contribution in [2.45, 2.75) is 31.9 Å². The molecule has 0 aromatic rings. The van der Waals surface area contributed by atoms with Crippen LogP contribution in [0.3, 0.4) is 0 Å². The third kappa shape index (κ3) is 2.19. The van der Waals surface area contributed by atoms with Crippen LogP contribution in [0.2, 0.25) is 0 Å². The lowest BCUT2D eigenvalue weighted by Gasteiger charge is -2.31. The molecular weight excluding hydrogens is 322 g/mol. The van der Waals surface area contributed by atoms with Crippen LogP contribution in [0.4, 0.5) is 0 Å². The quantitative estimate of drug-likeness (QED) is 0.397. The van der Waals surface area contributed by atoms with E-state index in [0.717, 1.165) is 30.8 Å². The topological polar surface area (TPSA) is 83.0 Å². The van der Waals surface area contributed by atoms with Crippen molar-refractivity contribution in [2.24, 2.45) is 21.7 Å². The fourth-order valence-electron chi connectivity index (χ4n) is 2.91. The third-order valence-corrected chi connectivity index (χ3v) is 4.95. The van der Waals surface area contributed by atoms with Crippen molar-refractivity contribution in [1.82, 2.24) is 5.32 Å². The van der Waals surface area contributed by atoms with Crippen molar-refractivity contribution < 1.29 is 9.70 Å². The van der Waals surface area contributed by atoms with Gasteiger partial charge in [-0.2, -0.15) is 10.8 Å². The first-order chi connectivity index (χ1) is 9.52. The highest BCUT2D eigenvalue weighted by Gasteiger charge is 2.44. The van der Waals surface area contributed by atoms with E-state index in [1.807, 2.05) is 13.1 Å². The lowest BCUT2D eigenvalue weighted by molar-refractivity contribution is -0.746. The summed E-state index contributed by atoms with van der Waals surface area (Å²) in [5.41, 5.74) is 1.91. The molecule has 4 atom stereocenters. The van der Waals surface area contributed by atoms with Crippen molar-refractivity contribution in [3.8, 4) is 0 Å². The summed E-state index contributed by atoms with van der Waals surface area (Å²) >= 11 is 3.46. The van der Waals surface area contributed by atoms with Gasteiger partial charge in [-0.05, 0) is 19.8 Å². The predicted molar refractivity (Wildman–Crippen MR) is 81.7 cm³/mol. The summed E-state index contributed by atoms with van der Waals surface area (Å²) in [4.78, 5) is 8.79. The van der Waals surface area contributed by atoms with Gasteiger partial charge in [-0.15, -0.1) is 4.59 Å². The SMILES string of the molecule is C[C@H](O)[C@@H]1CC[C@@H](C2=C3C=NC=C[N+]3(N)C(Br)=N2)CN1. The number of amidine groups is 1. The highest BCUT2D eigenvalue weighted by atomic mass is 79.9. The maximum absolute atomic E-state index is 9.64. The lowest BCUT2D eigenvalue weighted by atomic mass is 9.89. The molecule has 3 heterocycles. The number of piperidine rings is 1. The largest absolute Gasteiger partial charge is 0.392 e. The molecule has 4 N–H and O–H groups in total. The van der Waals surface area contributed by atoms with Gasteiger partial charge in [-0.3, -0.25) is 4.99 Å². The van der Waals surface area contributed by atoms with Crippen LogP contribution in [-0.4, -0.2) is 39.3 Å². The van der Waals surface area contributed by atoms with E-state index in [9.17, 15) is 5.11 Å². The summed E-state index contributed by atoms with van der Waals surface area (Å²) in [5, 5.41) is 13.0. The van der Waals surface area contributed by atoms with Crippen LogP contribution in [0.25, 0.3) is 0 Å². The van der Waals surface area contributed by atoms with Crippen LogP contribution in [-0.2, 0) is 0 Å². The zero-order valence-corrected chi connectivity index (χ0v) is 12.9. The van der Waals surface area contributed by atoms with Gasteiger partial charge >= 0.3 is 4.74 Å². The van der Waals surface area contributed by atoms with Crippen LogP contribution in [0.1, 0.15) is 19.8 Å². The van der Waals surface area contributed by atoms with Crippen LogP contribution in [0, 0.1) is 5.92 Å². The van der Waals surface area contributed by atoms with E-state index in [0.29, 0.717) is 10.7 Å². The average Bonchev–Trinajstić information content (AvgIpc) is 2.71. The van der Waals surface area contributed by atoms with Gasteiger partial charge in [0.2, 0.25) is 5.70 Å². The minimum atomic E-state index is -0.323. The molecule has 1 unspecified atom stereocenters. The Kier molecular flexibility index (Phi) is 3.64. The summed E-state index contributed by atoms with van der Waals surface area (Å²) in [7, 11) is 0. The van der Waals surface area contributed by atoms with E-state index in [2.05, 4.69) is 31.2 Å². The standard InChI is InChI=1S/C13H19BrN5O/c1-8(20)10-3-2-9(6-17-10)12-11-7-16-4-5-19(11,15)13(14)18-12/h4-5,7-10,17,20H,2-3,6,15H2,1H3/q+1/t8-,9+,10-,19?/m0/s1. The fraction of sp³-hybridized carbons (Fsp3) is 0.538. The number of hydrogen-bond acceptors (Lipinski definition) is 5. The predicted octanol–water partition coefficient (Wildman–Crippen LogP) is 0.958. The Balaban J connectivity index is 1.83. The Hall–Kier alpha value is -0.860. The monoisotopic (exact) mass is 340 g/mol. The van der Waals surface area contributed by atoms with Crippen LogP contribution in [0.15, 0.2) is 33.8 Å². The second kappa shape index (κ2) is 5.16. The molecule has 6 nitrogen and oxygen atoms in total. The van der Waals surface area contributed by atoms with E-state index in [1.54, 1.807) is 12.4 Å². The summed E-state index contributed by atoms with van der Waals surface area (Å²) in [6.07, 6.45) is 6.88. The summed E-state index contributed by atoms with van der Waals surface area (Å²) < 4.78 is 0.748. The molecule has 1 fully saturated rings. The number of nitrogens with zero attached hydrogens (tertiary/aromatic N) is 3. The fourth-order valence-corrected chi connectivity index (χ4v) is 3.41. The van der Waals surface area contributed by atoms with Crippen LogP contribution < -0.4 is 11.2 Å². The molecule has 0 radical (unpaired) electrons. The maximum atomic E-state index is 9.64. The maximum Gasteiger partial charge on any atom is 0.301 e. The first-order valence-electron chi connectivity index (χ1n) is 6.81. The Bertz CT molecular complexity index is 531. The summed E-state index contributed by atoms with van der Waals surface area (Å²) in [6.45, 7) is 2.63. The molecule has 1 saturated heterocycles. The average molecular weight is 341 g/mol. The number of allylic oxidation sites excluding steroid dienone is 1. The number of halogens is 1. The number of quaternary nitrogens is 1. The third-order valence-electron chi connectivity index (χ3n) is 4.19. The number of rotatable bonds is 2. The van der Waals surface area contributed by atoms with E-state index < -0.39 is 0 Å². The molecule has 0 aromatic carbocycles. The summed E-state index contributed by atoms with van der Waals surface area (Å²) in [5.74, 6) is 6.64. The van der Waals surface area contributed by atoms with Crippen molar-refractivity contribution in [1.29, 1.82) is 0 Å². The van der Waals surface area contributed by atoms with E-state index in [-0.39, 0.29) is 16.7 Å². The van der Waals surface area contributed by atoms with Crippen molar-refractivity contribution in [2.75, 3.05) is 6.54 Å². The van der Waals surface area contributed by atoms with Crippen molar-refractivity contribution >= 4 is 26.9 Å². The molecule has 0 saturated carbocycles. The Labute approximate surface area is 126 Å². The van der Waals surface area contributed by atoms with Crippen molar-refractivity contribution in [3.63, 3.8) is 0 Å². The molecule has 0 aliphatic carbocycles. The van der Waals surface area contributed by atoms with Gasteiger partial charge in [0.05, 0.1) is 18.5 Å². The molecule has 7 heteroatoms. The first kappa shape index (κ1) is 14.1. The zero-order chi connectivity index (χ0) is 14.3. The van der Waals surface area contributed by atoms with E-state index in [4.69, 9.17) is 5.84 Å². The molecule has 3 aliphatic heterocycles. The number of aliphatic imine (C=N–C) groups is 2. The Morgan fingerprint density at radius 1 is 1.55 bits per heavy atom. The normalized spacial score (nSPS) is 37.9. The molecule has 0 aromatic heterocycles. The molecule has 0 spiro atoms. The minimum Gasteiger partial charge on any atom is -0.392 e. The van der Waals surface area contributed by atoms with E-state index in [1.165, 1.54) is 0 Å². The lowest BCUT2D eigenvalue weighted by Crippen LogP contribution is -2.50. The molecule has 0 amide bonds. The van der Waals surface area contributed by atoms with Gasteiger partial charge in [0.1, 0.15) is 11.9 Å². The van der Waals surface area contributed by atoms with Gasteiger partial charge in [0, 0.05) is 34.4 Å². The number of aliphatic hydroxyl groups is 1. The number of nitrogens with two attached hydrogens (primary N) is 1. The van der Waals surface area contributed by atoms with Gasteiger partial charge < -0.3 is 10.4 Å². The molecule has 0 bridgehead atoms. The second-order valence-corrected chi connectivity index (χ2v) is 6.24. The second-order valence-electron chi connectivity index (χ2n) is 5.53. The Morgan fingerprint density at radius 2 is 2.35 bits per heavy atom. The molecule has 108 valence electrons. The van der Waals surface area contributed by atoms with Gasteiger partial charge in [0.15, 0.2) is 0 Å². The van der Waals surface area contributed by atoms with Gasteiger partial charge in [-0.1, -0.05) is 0 Å². The molecule has 3 aliphatic rings. The smallest absolute Gasteiger partial charge is 0.301 e. The summed E-state index contributed by atoms with van der Waals surface area (Å²) in [6, 6.07) is 0.169. The minimum absolute atomic E-state index is 0.0646. The van der Waals surface area contributed by atoms with Gasteiger partial charge in [-0.25, -0.2) is 0 Å². The molecule has 20 heavy (non-hydrogen) atoms. The Morgan fingerprint density at radius 3 is 3.00 bits per heavy atom. The highest BCUT2D eigenvalue weighted by molar-refractivity contribution is 9.18. The molecular formula is C13H19BrN5O+. The van der Waals surface area contributed by atoms with Crippen LogP contribution in [0.5, 0.6) is 0 Å².